The third-order valence-electron chi connectivity index (χ3n) is 6.43. The molecule has 1 amide bonds. The minimum atomic E-state index is 0.0224. The Hall–Kier alpha value is -4.10. The summed E-state index contributed by atoms with van der Waals surface area (Å²) in [5.41, 5.74) is 5.26. The fourth-order valence-electron chi connectivity index (χ4n) is 4.56. The highest BCUT2D eigenvalue weighted by molar-refractivity contribution is 6.30. The number of carbonyl (C=O) groups excluding carboxylic acids is 1. The summed E-state index contributed by atoms with van der Waals surface area (Å²) in [5, 5.41) is 9.12. The van der Waals surface area contributed by atoms with Crippen LogP contribution in [0.4, 0.5) is 5.69 Å². The molecule has 8 heteroatoms. The zero-order valence-electron chi connectivity index (χ0n) is 18.9. The van der Waals surface area contributed by atoms with Gasteiger partial charge in [0.2, 0.25) is 0 Å². The van der Waals surface area contributed by atoms with E-state index in [4.69, 9.17) is 11.6 Å². The van der Waals surface area contributed by atoms with Gasteiger partial charge in [0.15, 0.2) is 5.82 Å². The van der Waals surface area contributed by atoms with E-state index in [1.54, 1.807) is 6.20 Å². The van der Waals surface area contributed by atoms with Crippen LogP contribution in [-0.4, -0.2) is 57.2 Å². The number of nitrogens with zero attached hydrogens (tertiary/aromatic N) is 4. The molecule has 3 aromatic carbocycles. The molecule has 0 bridgehead atoms. The van der Waals surface area contributed by atoms with Crippen LogP contribution in [0.2, 0.25) is 5.02 Å². The maximum atomic E-state index is 13.3. The summed E-state index contributed by atoms with van der Waals surface area (Å²) in [6.45, 7) is 2.83. The number of rotatable bonds is 4. The van der Waals surface area contributed by atoms with E-state index in [1.807, 2.05) is 71.6 Å². The summed E-state index contributed by atoms with van der Waals surface area (Å²) >= 11 is 6.15. The Kier molecular flexibility index (Phi) is 5.47. The van der Waals surface area contributed by atoms with Crippen molar-refractivity contribution >= 4 is 34.1 Å². The minimum Gasteiger partial charge on any atom is -0.368 e. The maximum Gasteiger partial charge on any atom is 0.253 e. The average Bonchev–Trinajstić information content (AvgIpc) is 3.56. The van der Waals surface area contributed by atoms with E-state index in [-0.39, 0.29) is 5.91 Å². The molecule has 5 aromatic rings. The second-order valence-electron chi connectivity index (χ2n) is 8.60. The molecule has 0 atom stereocenters. The Bertz CT molecular complexity index is 1500. The van der Waals surface area contributed by atoms with Crippen molar-refractivity contribution in [3.63, 3.8) is 0 Å². The Morgan fingerprint density at radius 1 is 0.914 bits per heavy atom. The minimum absolute atomic E-state index is 0.0224. The zero-order chi connectivity index (χ0) is 23.8. The van der Waals surface area contributed by atoms with Crippen LogP contribution >= 0.6 is 11.6 Å². The van der Waals surface area contributed by atoms with Crippen LogP contribution in [0, 0.1) is 0 Å². The summed E-state index contributed by atoms with van der Waals surface area (Å²) < 4.78 is 0. The van der Waals surface area contributed by atoms with Crippen molar-refractivity contribution in [1.29, 1.82) is 0 Å². The number of anilines is 1. The Labute approximate surface area is 207 Å². The molecule has 6 rings (SSSR count). The molecule has 3 heterocycles. The van der Waals surface area contributed by atoms with Crippen molar-refractivity contribution in [3.05, 3.63) is 89.6 Å². The van der Waals surface area contributed by atoms with Crippen molar-refractivity contribution in [2.24, 2.45) is 0 Å². The monoisotopic (exact) mass is 482 g/mol. The fourth-order valence-corrected chi connectivity index (χ4v) is 4.74. The van der Waals surface area contributed by atoms with E-state index >= 15 is 0 Å². The van der Waals surface area contributed by atoms with Crippen LogP contribution in [0.25, 0.3) is 33.7 Å². The van der Waals surface area contributed by atoms with Crippen LogP contribution in [0.1, 0.15) is 10.4 Å². The molecular formula is C27H23ClN6O. The lowest BCUT2D eigenvalue weighted by Crippen LogP contribution is -2.48. The molecular weight excluding hydrogens is 460 g/mol. The predicted octanol–water partition coefficient (Wildman–Crippen LogP) is 5.24. The standard InChI is InChI=1S/C27H23ClN6O/c28-20-7-4-8-21(16-20)33-11-13-34(14-12-33)27(35)19-9-10-23-22(15-19)25(32-31-23)26-29-17-24(30-26)18-5-2-1-3-6-18/h1-10,15-17H,11-14H2,(H,29,30)(H,31,32). The molecule has 0 saturated carbocycles. The van der Waals surface area contributed by atoms with Gasteiger partial charge in [0.25, 0.3) is 5.91 Å². The summed E-state index contributed by atoms with van der Waals surface area (Å²) in [6, 6.07) is 23.5. The van der Waals surface area contributed by atoms with E-state index in [2.05, 4.69) is 31.1 Å². The molecule has 1 aliphatic rings. The number of piperazine rings is 1. The molecule has 0 aliphatic carbocycles. The number of hydrogen-bond donors (Lipinski definition) is 2. The second kappa shape index (κ2) is 8.92. The predicted molar refractivity (Wildman–Crippen MR) is 139 cm³/mol. The average molecular weight is 483 g/mol. The van der Waals surface area contributed by atoms with Gasteiger partial charge in [-0.05, 0) is 42.0 Å². The molecule has 0 radical (unpaired) electrons. The molecule has 1 aliphatic heterocycles. The van der Waals surface area contributed by atoms with E-state index in [1.165, 1.54) is 0 Å². The topological polar surface area (TPSA) is 80.9 Å². The van der Waals surface area contributed by atoms with Crippen LogP contribution in [0.15, 0.2) is 79.0 Å². The van der Waals surface area contributed by atoms with Gasteiger partial charge in [-0.2, -0.15) is 5.10 Å². The van der Waals surface area contributed by atoms with Gasteiger partial charge >= 0.3 is 0 Å². The number of amides is 1. The largest absolute Gasteiger partial charge is 0.368 e. The molecule has 7 nitrogen and oxygen atoms in total. The molecule has 174 valence electrons. The highest BCUT2D eigenvalue weighted by Crippen LogP contribution is 2.28. The summed E-state index contributed by atoms with van der Waals surface area (Å²) in [7, 11) is 0. The highest BCUT2D eigenvalue weighted by atomic mass is 35.5. The van der Waals surface area contributed by atoms with Crippen molar-refractivity contribution in [3.8, 4) is 22.8 Å². The Morgan fingerprint density at radius 3 is 2.54 bits per heavy atom. The maximum absolute atomic E-state index is 13.3. The molecule has 1 saturated heterocycles. The SMILES string of the molecule is O=C(c1ccc2[nH]nc(-c3ncc(-c4ccccc4)[nH]3)c2c1)N1CCN(c2cccc(Cl)c2)CC1. The normalized spacial score (nSPS) is 14.0. The van der Waals surface area contributed by atoms with E-state index in [0.717, 1.165) is 46.0 Å². The zero-order valence-corrected chi connectivity index (χ0v) is 19.7. The number of aromatic nitrogens is 4. The van der Waals surface area contributed by atoms with Crippen LogP contribution < -0.4 is 4.90 Å². The molecule has 35 heavy (non-hydrogen) atoms. The number of hydrogen-bond acceptors (Lipinski definition) is 4. The Morgan fingerprint density at radius 2 is 1.74 bits per heavy atom. The van der Waals surface area contributed by atoms with Crippen LogP contribution in [0.3, 0.4) is 0 Å². The third-order valence-corrected chi connectivity index (χ3v) is 6.67. The van der Waals surface area contributed by atoms with Gasteiger partial charge in [-0.25, -0.2) is 4.98 Å². The smallest absolute Gasteiger partial charge is 0.253 e. The van der Waals surface area contributed by atoms with E-state index in [0.29, 0.717) is 30.2 Å². The first-order valence-electron chi connectivity index (χ1n) is 11.5. The first-order valence-corrected chi connectivity index (χ1v) is 11.9. The van der Waals surface area contributed by atoms with Crippen molar-refractivity contribution in [2.75, 3.05) is 31.1 Å². The molecule has 2 N–H and O–H groups in total. The van der Waals surface area contributed by atoms with Gasteiger partial charge in [-0.15, -0.1) is 0 Å². The first-order chi connectivity index (χ1) is 17.2. The number of H-pyrrole nitrogens is 2. The van der Waals surface area contributed by atoms with E-state index < -0.39 is 0 Å². The van der Waals surface area contributed by atoms with Crippen molar-refractivity contribution < 1.29 is 4.79 Å². The molecule has 2 aromatic heterocycles. The summed E-state index contributed by atoms with van der Waals surface area (Å²) in [6.07, 6.45) is 1.81. The summed E-state index contributed by atoms with van der Waals surface area (Å²) in [5.74, 6) is 0.684. The highest BCUT2D eigenvalue weighted by Gasteiger charge is 2.23. The Balaban J connectivity index is 1.22. The van der Waals surface area contributed by atoms with Crippen LogP contribution in [-0.2, 0) is 0 Å². The molecule has 1 fully saturated rings. The van der Waals surface area contributed by atoms with Gasteiger partial charge in [-0.3, -0.25) is 9.89 Å². The second-order valence-corrected chi connectivity index (χ2v) is 9.04. The molecule has 0 spiro atoms. The number of nitrogens with one attached hydrogen (secondary N) is 2. The number of halogens is 1. The number of aromatic amines is 2. The van der Waals surface area contributed by atoms with Crippen molar-refractivity contribution in [1.82, 2.24) is 25.1 Å². The van der Waals surface area contributed by atoms with Gasteiger partial charge in [0.05, 0.1) is 17.4 Å². The lowest BCUT2D eigenvalue weighted by Gasteiger charge is -2.36. The van der Waals surface area contributed by atoms with Gasteiger partial charge in [0, 0.05) is 47.8 Å². The molecule has 0 unspecified atom stereocenters. The number of carbonyl (C=O) groups is 1. The van der Waals surface area contributed by atoms with E-state index in [9.17, 15) is 4.79 Å². The lowest BCUT2D eigenvalue weighted by molar-refractivity contribution is 0.0747. The quantitative estimate of drug-likeness (QED) is 0.367. The van der Waals surface area contributed by atoms with Gasteiger partial charge in [-0.1, -0.05) is 48.0 Å². The third kappa shape index (κ3) is 4.15. The number of benzene rings is 3. The number of imidazole rings is 1. The number of fused-ring (bicyclic) bond motifs is 1. The summed E-state index contributed by atoms with van der Waals surface area (Å²) in [4.78, 5) is 25.4. The van der Waals surface area contributed by atoms with Gasteiger partial charge in [0.1, 0.15) is 5.69 Å². The fraction of sp³-hybridized carbons (Fsp3) is 0.148. The van der Waals surface area contributed by atoms with Crippen LogP contribution in [0.5, 0.6) is 0 Å². The van der Waals surface area contributed by atoms with Gasteiger partial charge < -0.3 is 14.8 Å². The lowest BCUT2D eigenvalue weighted by atomic mass is 10.1. The first kappa shape index (κ1) is 21.4. The van der Waals surface area contributed by atoms with Crippen molar-refractivity contribution in [2.45, 2.75) is 0 Å².